The van der Waals surface area contributed by atoms with E-state index in [1.165, 1.54) is 28.4 Å². The number of benzene rings is 2. The van der Waals surface area contributed by atoms with Crippen LogP contribution < -0.4 is 18.9 Å². The fraction of sp³-hybridized carbons (Fsp3) is 0.455. The molecule has 9 heteroatoms. The van der Waals surface area contributed by atoms with Crippen molar-refractivity contribution in [1.82, 2.24) is 0 Å². The van der Waals surface area contributed by atoms with Crippen LogP contribution >= 0.6 is 0 Å². The molecular weight excluding hydrogens is 408 g/mol. The van der Waals surface area contributed by atoms with Crippen LogP contribution in [0.5, 0.6) is 34.5 Å². The van der Waals surface area contributed by atoms with Crippen molar-refractivity contribution in [3.63, 3.8) is 0 Å². The smallest absolute Gasteiger partial charge is 0.200 e. The predicted octanol–water partition coefficient (Wildman–Crippen LogP) is 2.16. The van der Waals surface area contributed by atoms with Gasteiger partial charge in [-0.25, -0.2) is 0 Å². The molecule has 2 aromatic rings. The number of aliphatic hydroxyl groups is 2. The van der Waals surface area contributed by atoms with E-state index < -0.39 is 24.0 Å². The number of aliphatic hydroxyl groups excluding tert-OH is 2. The molecule has 0 spiro atoms. The maximum absolute atomic E-state index is 10.2. The van der Waals surface area contributed by atoms with Gasteiger partial charge in [-0.3, -0.25) is 0 Å². The average molecular weight is 436 g/mol. The first-order valence-electron chi connectivity index (χ1n) is 9.70. The molecule has 4 N–H and O–H groups in total. The van der Waals surface area contributed by atoms with Gasteiger partial charge in [-0.05, 0) is 35.4 Å². The summed E-state index contributed by atoms with van der Waals surface area (Å²) in [6, 6.07) is 6.44. The molecule has 1 aliphatic rings. The predicted molar refractivity (Wildman–Crippen MR) is 110 cm³/mol. The molecule has 1 aliphatic heterocycles. The number of phenols is 2. The number of phenolic OH excluding ortho intramolecular Hbond substituents is 2. The van der Waals surface area contributed by atoms with E-state index >= 15 is 0 Å². The SMILES string of the molecule is COc1cc(C2O[C@H](c3cc(OC)c(O)c(OC)c3)C(CO)[C@@H]2CO)cc(OC)c1O. The lowest BCUT2D eigenvalue weighted by molar-refractivity contribution is 0.0180. The maximum atomic E-state index is 10.2. The second-order valence-electron chi connectivity index (χ2n) is 7.22. The number of ether oxygens (including phenoxy) is 5. The molecular formula is C22H28O9. The Morgan fingerprint density at radius 1 is 0.645 bits per heavy atom. The van der Waals surface area contributed by atoms with Gasteiger partial charge in [0.25, 0.3) is 0 Å². The van der Waals surface area contributed by atoms with Crippen molar-refractivity contribution in [1.29, 1.82) is 0 Å². The number of hydrogen-bond acceptors (Lipinski definition) is 9. The fourth-order valence-electron chi connectivity index (χ4n) is 4.08. The normalized spacial score (nSPS) is 22.9. The molecule has 1 fully saturated rings. The minimum atomic E-state index is -0.624. The number of hydrogen-bond donors (Lipinski definition) is 4. The number of aromatic hydroxyl groups is 2. The van der Waals surface area contributed by atoms with E-state index in [-0.39, 0.29) is 47.7 Å². The first-order chi connectivity index (χ1) is 14.9. The summed E-state index contributed by atoms with van der Waals surface area (Å²) in [5.74, 6) is -0.401. The summed E-state index contributed by atoms with van der Waals surface area (Å²) in [5, 5.41) is 40.7. The Balaban J connectivity index is 2.07. The standard InChI is InChI=1S/C22H28O9/c1-27-15-5-11(6-16(28-2)19(15)25)21-13(9-23)14(10-24)22(31-21)12-7-17(29-3)20(26)18(8-12)30-4/h5-8,13-14,21-26H,9-10H2,1-4H3/t13-,14?,21?,22+/m0/s1. The highest BCUT2D eigenvalue weighted by atomic mass is 16.5. The topological polar surface area (TPSA) is 127 Å². The van der Waals surface area contributed by atoms with Crippen molar-refractivity contribution in [2.75, 3.05) is 41.7 Å². The molecule has 0 bridgehead atoms. The highest BCUT2D eigenvalue weighted by Crippen LogP contribution is 2.52. The van der Waals surface area contributed by atoms with Crippen molar-refractivity contribution >= 4 is 0 Å². The van der Waals surface area contributed by atoms with Crippen LogP contribution in [0.25, 0.3) is 0 Å². The van der Waals surface area contributed by atoms with Gasteiger partial charge < -0.3 is 44.1 Å². The quantitative estimate of drug-likeness (QED) is 0.492. The van der Waals surface area contributed by atoms with Crippen LogP contribution in [0.3, 0.4) is 0 Å². The Morgan fingerprint density at radius 3 is 1.16 bits per heavy atom. The molecule has 1 saturated heterocycles. The van der Waals surface area contributed by atoms with Gasteiger partial charge in [0.2, 0.25) is 11.5 Å². The van der Waals surface area contributed by atoms with Gasteiger partial charge in [0.05, 0.1) is 40.6 Å². The summed E-state index contributed by atoms with van der Waals surface area (Å²) in [6.45, 7) is -0.492. The monoisotopic (exact) mass is 436 g/mol. The summed E-state index contributed by atoms with van der Waals surface area (Å²) >= 11 is 0. The second-order valence-corrected chi connectivity index (χ2v) is 7.22. The molecule has 0 radical (unpaired) electrons. The van der Waals surface area contributed by atoms with Crippen LogP contribution in [0, 0.1) is 11.8 Å². The number of rotatable bonds is 8. The van der Waals surface area contributed by atoms with E-state index in [4.69, 9.17) is 23.7 Å². The van der Waals surface area contributed by atoms with E-state index in [0.29, 0.717) is 11.1 Å². The largest absolute Gasteiger partial charge is 0.502 e. The fourth-order valence-corrected chi connectivity index (χ4v) is 4.08. The zero-order valence-corrected chi connectivity index (χ0v) is 17.9. The van der Waals surface area contributed by atoms with Gasteiger partial charge in [0, 0.05) is 25.0 Å². The van der Waals surface area contributed by atoms with Crippen LogP contribution in [0.15, 0.2) is 24.3 Å². The molecule has 1 heterocycles. The Kier molecular flexibility index (Phi) is 6.99. The molecule has 170 valence electrons. The van der Waals surface area contributed by atoms with Gasteiger partial charge in [-0.2, -0.15) is 0 Å². The zero-order valence-electron chi connectivity index (χ0n) is 17.9. The van der Waals surface area contributed by atoms with E-state index in [9.17, 15) is 20.4 Å². The molecule has 9 nitrogen and oxygen atoms in total. The lowest BCUT2D eigenvalue weighted by atomic mass is 9.83. The van der Waals surface area contributed by atoms with E-state index in [1.54, 1.807) is 24.3 Å². The zero-order chi connectivity index (χ0) is 22.7. The molecule has 3 rings (SSSR count). The Bertz CT molecular complexity index is 790. The van der Waals surface area contributed by atoms with Crippen LogP contribution in [0.1, 0.15) is 23.3 Å². The minimum Gasteiger partial charge on any atom is -0.502 e. The van der Waals surface area contributed by atoms with Crippen molar-refractivity contribution in [2.24, 2.45) is 11.8 Å². The molecule has 0 amide bonds. The molecule has 4 atom stereocenters. The van der Waals surface area contributed by atoms with Gasteiger partial charge in [0.1, 0.15) is 0 Å². The Morgan fingerprint density at radius 2 is 0.935 bits per heavy atom. The van der Waals surface area contributed by atoms with Gasteiger partial charge in [-0.15, -0.1) is 0 Å². The van der Waals surface area contributed by atoms with Gasteiger partial charge in [0.15, 0.2) is 23.0 Å². The molecule has 2 aromatic carbocycles. The highest BCUT2D eigenvalue weighted by Gasteiger charge is 2.46. The third-order valence-electron chi connectivity index (χ3n) is 5.70. The minimum absolute atomic E-state index is 0.143. The van der Waals surface area contributed by atoms with Gasteiger partial charge in [-0.1, -0.05) is 0 Å². The third-order valence-corrected chi connectivity index (χ3v) is 5.70. The van der Waals surface area contributed by atoms with E-state index in [1.807, 2.05) is 0 Å². The van der Waals surface area contributed by atoms with Crippen molar-refractivity contribution in [3.8, 4) is 34.5 Å². The van der Waals surface area contributed by atoms with Crippen molar-refractivity contribution < 1.29 is 44.1 Å². The first kappa shape index (κ1) is 22.8. The van der Waals surface area contributed by atoms with Crippen molar-refractivity contribution in [2.45, 2.75) is 12.2 Å². The molecule has 0 aromatic heterocycles. The Labute approximate surface area is 180 Å². The van der Waals surface area contributed by atoms with Gasteiger partial charge >= 0.3 is 0 Å². The van der Waals surface area contributed by atoms with E-state index in [0.717, 1.165) is 0 Å². The number of methoxy groups -OCH3 is 4. The van der Waals surface area contributed by atoms with Crippen LogP contribution in [-0.2, 0) is 4.74 Å². The van der Waals surface area contributed by atoms with Crippen LogP contribution in [0.2, 0.25) is 0 Å². The lowest BCUT2D eigenvalue weighted by Crippen LogP contribution is -2.23. The first-order valence-corrected chi connectivity index (χ1v) is 9.70. The second kappa shape index (κ2) is 9.51. The lowest BCUT2D eigenvalue weighted by Gasteiger charge is -2.22. The van der Waals surface area contributed by atoms with Crippen LogP contribution in [-0.4, -0.2) is 62.1 Å². The highest BCUT2D eigenvalue weighted by molar-refractivity contribution is 5.55. The molecule has 31 heavy (non-hydrogen) atoms. The molecule has 0 aliphatic carbocycles. The molecule has 0 saturated carbocycles. The summed E-state index contributed by atoms with van der Waals surface area (Å²) in [7, 11) is 5.69. The van der Waals surface area contributed by atoms with Crippen molar-refractivity contribution in [3.05, 3.63) is 35.4 Å². The third kappa shape index (κ3) is 4.04. The van der Waals surface area contributed by atoms with E-state index in [2.05, 4.69) is 0 Å². The molecule has 2 unspecified atom stereocenters. The Hall–Kier alpha value is -2.88. The average Bonchev–Trinajstić information content (AvgIpc) is 3.18. The van der Waals surface area contributed by atoms with Crippen LogP contribution in [0.4, 0.5) is 0 Å². The maximum Gasteiger partial charge on any atom is 0.200 e. The summed E-state index contributed by atoms with van der Waals surface area (Å²) in [6.07, 6.45) is -1.25. The summed E-state index contributed by atoms with van der Waals surface area (Å²) in [4.78, 5) is 0. The summed E-state index contributed by atoms with van der Waals surface area (Å²) in [5.41, 5.74) is 1.23. The summed E-state index contributed by atoms with van der Waals surface area (Å²) < 4.78 is 27.3.